The molecule has 0 saturated heterocycles. The number of anilines is 1. The summed E-state index contributed by atoms with van der Waals surface area (Å²) in [4.78, 5) is 16.9. The predicted octanol–water partition coefficient (Wildman–Crippen LogP) is 4.60. The molecule has 3 aromatic carbocycles. The number of carbonyl (C=O) groups excluding carboxylic acids is 1. The van der Waals surface area contributed by atoms with Crippen LogP contribution >= 0.6 is 0 Å². The largest absolute Gasteiger partial charge is 0.497 e. The van der Waals surface area contributed by atoms with Gasteiger partial charge in [0.1, 0.15) is 11.5 Å². The Labute approximate surface area is 179 Å². The zero-order valence-corrected chi connectivity index (χ0v) is 17.2. The molecule has 7 nitrogen and oxygen atoms in total. The minimum atomic E-state index is -0.120. The highest BCUT2D eigenvalue weighted by Gasteiger charge is 2.15. The smallest absolute Gasteiger partial charge is 0.262 e. The molecule has 0 atom stereocenters. The number of amides is 1. The number of nitrogens with one attached hydrogen (secondary N) is 1. The number of ether oxygens (including phenoxy) is 2. The average Bonchev–Trinajstić information content (AvgIpc) is 3.30. The number of nitrogens with zero attached hydrogens (tertiary/aromatic N) is 2. The second-order valence-corrected chi connectivity index (χ2v) is 6.78. The van der Waals surface area contributed by atoms with Crippen molar-refractivity contribution in [2.24, 2.45) is 0 Å². The first kappa shape index (κ1) is 20.2. The molecule has 0 unspecified atom stereocenters. The quantitative estimate of drug-likeness (QED) is 0.475. The first-order valence-electron chi connectivity index (χ1n) is 9.66. The van der Waals surface area contributed by atoms with Gasteiger partial charge in [0.05, 0.1) is 26.2 Å². The minimum absolute atomic E-state index is 0.120. The van der Waals surface area contributed by atoms with Crippen molar-refractivity contribution in [2.75, 3.05) is 19.5 Å². The molecule has 156 valence electrons. The van der Waals surface area contributed by atoms with E-state index in [9.17, 15) is 4.79 Å². The molecular weight excluding hydrogens is 394 g/mol. The third kappa shape index (κ3) is 4.72. The van der Waals surface area contributed by atoms with E-state index in [1.54, 1.807) is 14.2 Å². The van der Waals surface area contributed by atoms with E-state index in [2.05, 4.69) is 15.5 Å². The number of carbonyl (C=O) groups is 1. The summed E-state index contributed by atoms with van der Waals surface area (Å²) in [6.07, 6.45) is 0.258. The molecule has 31 heavy (non-hydrogen) atoms. The van der Waals surface area contributed by atoms with Crippen molar-refractivity contribution >= 4 is 11.6 Å². The van der Waals surface area contributed by atoms with Gasteiger partial charge in [-0.15, -0.1) is 0 Å². The third-order valence-corrected chi connectivity index (χ3v) is 4.69. The molecule has 4 rings (SSSR count). The molecule has 0 aliphatic heterocycles. The van der Waals surface area contributed by atoms with Crippen LogP contribution in [0.3, 0.4) is 0 Å². The molecular formula is C24H21N3O4. The minimum Gasteiger partial charge on any atom is -0.497 e. The zero-order valence-electron chi connectivity index (χ0n) is 17.2. The summed E-state index contributed by atoms with van der Waals surface area (Å²) in [6, 6.07) is 22.1. The van der Waals surface area contributed by atoms with Gasteiger partial charge < -0.3 is 19.3 Å². The Kier molecular flexibility index (Phi) is 5.93. The van der Waals surface area contributed by atoms with Crippen LogP contribution in [0.25, 0.3) is 22.8 Å². The molecule has 1 N–H and O–H groups in total. The van der Waals surface area contributed by atoms with Crippen molar-refractivity contribution < 1.29 is 18.8 Å². The fourth-order valence-corrected chi connectivity index (χ4v) is 3.14. The van der Waals surface area contributed by atoms with Gasteiger partial charge in [-0.25, -0.2) is 0 Å². The fraction of sp³-hybridized carbons (Fsp3) is 0.125. The number of hydrogen-bond acceptors (Lipinski definition) is 6. The molecule has 1 amide bonds. The first-order valence-corrected chi connectivity index (χ1v) is 9.66. The summed E-state index contributed by atoms with van der Waals surface area (Å²) < 4.78 is 15.9. The number of hydrogen-bond donors (Lipinski definition) is 1. The molecule has 0 aliphatic carbocycles. The monoisotopic (exact) mass is 415 g/mol. The van der Waals surface area contributed by atoms with Crippen LogP contribution in [-0.2, 0) is 11.2 Å². The van der Waals surface area contributed by atoms with E-state index < -0.39 is 0 Å². The van der Waals surface area contributed by atoms with E-state index in [1.807, 2.05) is 72.8 Å². The van der Waals surface area contributed by atoms with Crippen LogP contribution < -0.4 is 14.8 Å². The Morgan fingerprint density at radius 1 is 0.968 bits per heavy atom. The Morgan fingerprint density at radius 3 is 2.55 bits per heavy atom. The highest BCUT2D eigenvalue weighted by molar-refractivity contribution is 5.92. The van der Waals surface area contributed by atoms with Crippen LogP contribution in [0.4, 0.5) is 5.69 Å². The SMILES string of the molecule is COc1ccc(CC(=O)Nc2cccc(-c3noc(-c4ccccc4OC)n3)c2)cc1. The second kappa shape index (κ2) is 9.13. The van der Waals surface area contributed by atoms with E-state index in [4.69, 9.17) is 14.0 Å². The Balaban J connectivity index is 1.48. The maximum absolute atomic E-state index is 12.4. The third-order valence-electron chi connectivity index (χ3n) is 4.69. The van der Waals surface area contributed by atoms with Gasteiger partial charge in [-0.05, 0) is 42.0 Å². The van der Waals surface area contributed by atoms with E-state index in [0.717, 1.165) is 16.9 Å². The molecule has 1 aromatic heterocycles. The lowest BCUT2D eigenvalue weighted by atomic mass is 10.1. The summed E-state index contributed by atoms with van der Waals surface area (Å²) >= 11 is 0. The molecule has 0 aliphatic rings. The first-order chi connectivity index (χ1) is 15.2. The van der Waals surface area contributed by atoms with Crippen molar-refractivity contribution in [1.82, 2.24) is 10.1 Å². The topological polar surface area (TPSA) is 86.5 Å². The average molecular weight is 415 g/mol. The highest BCUT2D eigenvalue weighted by Crippen LogP contribution is 2.30. The lowest BCUT2D eigenvalue weighted by molar-refractivity contribution is -0.115. The number of benzene rings is 3. The highest BCUT2D eigenvalue weighted by atomic mass is 16.5. The maximum atomic E-state index is 12.4. The van der Waals surface area contributed by atoms with Gasteiger partial charge >= 0.3 is 0 Å². The van der Waals surface area contributed by atoms with Crippen LogP contribution in [0.1, 0.15) is 5.56 Å². The van der Waals surface area contributed by atoms with Crippen molar-refractivity contribution in [2.45, 2.75) is 6.42 Å². The molecule has 0 bridgehead atoms. The van der Waals surface area contributed by atoms with Gasteiger partial charge in [-0.2, -0.15) is 4.98 Å². The van der Waals surface area contributed by atoms with Crippen LogP contribution in [-0.4, -0.2) is 30.3 Å². The molecule has 4 aromatic rings. The normalized spacial score (nSPS) is 10.5. The van der Waals surface area contributed by atoms with Crippen LogP contribution in [0.5, 0.6) is 11.5 Å². The number of aromatic nitrogens is 2. The van der Waals surface area contributed by atoms with E-state index in [1.165, 1.54) is 0 Å². The van der Waals surface area contributed by atoms with E-state index >= 15 is 0 Å². The van der Waals surface area contributed by atoms with E-state index in [-0.39, 0.29) is 12.3 Å². The number of methoxy groups -OCH3 is 2. The van der Waals surface area contributed by atoms with Crippen LogP contribution in [0.2, 0.25) is 0 Å². The standard InChI is InChI=1S/C24H21N3O4/c1-29-19-12-10-16(11-13-19)14-22(28)25-18-7-5-6-17(15-18)23-26-24(31-27-23)20-8-3-4-9-21(20)30-2/h3-13,15H,14H2,1-2H3,(H,25,28). The maximum Gasteiger partial charge on any atom is 0.262 e. The molecule has 0 saturated carbocycles. The zero-order chi connectivity index (χ0) is 21.6. The fourth-order valence-electron chi connectivity index (χ4n) is 3.14. The molecule has 0 radical (unpaired) electrons. The summed E-state index contributed by atoms with van der Waals surface area (Å²) in [5.74, 6) is 2.07. The van der Waals surface area contributed by atoms with Crippen LogP contribution in [0, 0.1) is 0 Å². The molecule has 7 heteroatoms. The van der Waals surface area contributed by atoms with Gasteiger partial charge in [-0.1, -0.05) is 41.6 Å². The summed E-state index contributed by atoms with van der Waals surface area (Å²) in [7, 11) is 3.20. The van der Waals surface area contributed by atoms with Crippen molar-refractivity contribution in [3.05, 3.63) is 78.4 Å². The van der Waals surface area contributed by atoms with Gasteiger partial charge in [0.2, 0.25) is 11.7 Å². The van der Waals surface area contributed by atoms with Crippen molar-refractivity contribution in [3.63, 3.8) is 0 Å². The predicted molar refractivity (Wildman–Crippen MR) is 117 cm³/mol. The van der Waals surface area contributed by atoms with Crippen LogP contribution in [0.15, 0.2) is 77.3 Å². The molecule has 0 fully saturated rings. The van der Waals surface area contributed by atoms with Crippen molar-refractivity contribution in [1.29, 1.82) is 0 Å². The second-order valence-electron chi connectivity index (χ2n) is 6.78. The lowest BCUT2D eigenvalue weighted by Gasteiger charge is -2.07. The number of para-hydroxylation sites is 1. The lowest BCUT2D eigenvalue weighted by Crippen LogP contribution is -2.14. The Hall–Kier alpha value is -4.13. The molecule has 1 heterocycles. The van der Waals surface area contributed by atoms with Gasteiger partial charge in [0.15, 0.2) is 0 Å². The van der Waals surface area contributed by atoms with Gasteiger partial charge in [0, 0.05) is 11.3 Å². The number of rotatable bonds is 7. The Morgan fingerprint density at radius 2 is 1.77 bits per heavy atom. The van der Waals surface area contributed by atoms with Gasteiger partial charge in [0.25, 0.3) is 5.89 Å². The van der Waals surface area contributed by atoms with Gasteiger partial charge in [-0.3, -0.25) is 4.79 Å². The Bertz CT molecular complexity index is 1190. The summed E-state index contributed by atoms with van der Waals surface area (Å²) in [5, 5.41) is 6.99. The van der Waals surface area contributed by atoms with E-state index in [0.29, 0.717) is 28.7 Å². The summed E-state index contributed by atoms with van der Waals surface area (Å²) in [5.41, 5.74) is 2.99. The molecule has 0 spiro atoms. The van der Waals surface area contributed by atoms with Crippen molar-refractivity contribution in [3.8, 4) is 34.3 Å². The summed E-state index contributed by atoms with van der Waals surface area (Å²) in [6.45, 7) is 0.